The number of amides is 2. The van der Waals surface area contributed by atoms with E-state index in [4.69, 9.17) is 5.73 Å². The summed E-state index contributed by atoms with van der Waals surface area (Å²) in [6.07, 6.45) is 1.68. The Morgan fingerprint density at radius 1 is 1.40 bits per heavy atom. The number of hydrogen-bond acceptors (Lipinski definition) is 5. The molecule has 2 atom stereocenters. The molecule has 0 aromatic carbocycles. The molecule has 2 heterocycles. The minimum absolute atomic E-state index is 0.127. The van der Waals surface area contributed by atoms with Crippen molar-refractivity contribution in [2.45, 2.75) is 38.4 Å². The molecule has 1 aliphatic heterocycles. The van der Waals surface area contributed by atoms with Crippen LogP contribution in [0.5, 0.6) is 0 Å². The average molecular weight is 276 g/mol. The zero-order chi connectivity index (χ0) is 14.9. The fourth-order valence-electron chi connectivity index (χ4n) is 2.51. The van der Waals surface area contributed by atoms with Crippen molar-refractivity contribution in [1.82, 2.24) is 15.2 Å². The Balaban J connectivity index is 2.43. The van der Waals surface area contributed by atoms with Gasteiger partial charge in [0.1, 0.15) is 0 Å². The number of imide groups is 1. The van der Waals surface area contributed by atoms with Crippen molar-refractivity contribution in [2.75, 3.05) is 6.54 Å². The molecule has 0 bridgehead atoms. The van der Waals surface area contributed by atoms with Gasteiger partial charge in [0.05, 0.1) is 23.8 Å². The van der Waals surface area contributed by atoms with Gasteiger partial charge < -0.3 is 5.73 Å². The lowest BCUT2D eigenvalue weighted by atomic mass is 9.92. The van der Waals surface area contributed by atoms with Crippen molar-refractivity contribution in [3.63, 3.8) is 0 Å². The SMILES string of the molecule is CC(N)C(c1ccccn1)N1CC(=O)NC(=O)C1(C)C. The van der Waals surface area contributed by atoms with Crippen molar-refractivity contribution in [2.24, 2.45) is 5.73 Å². The van der Waals surface area contributed by atoms with E-state index in [9.17, 15) is 9.59 Å². The summed E-state index contributed by atoms with van der Waals surface area (Å²) in [6.45, 7) is 5.55. The van der Waals surface area contributed by atoms with Crippen LogP contribution in [-0.2, 0) is 9.59 Å². The zero-order valence-corrected chi connectivity index (χ0v) is 12.0. The molecule has 0 spiro atoms. The van der Waals surface area contributed by atoms with Gasteiger partial charge in [-0.25, -0.2) is 0 Å². The molecule has 108 valence electrons. The molecule has 0 radical (unpaired) electrons. The van der Waals surface area contributed by atoms with Gasteiger partial charge in [-0.15, -0.1) is 0 Å². The second-order valence-electron chi connectivity index (χ2n) is 5.62. The van der Waals surface area contributed by atoms with Crippen LogP contribution in [0, 0.1) is 0 Å². The molecule has 1 aromatic heterocycles. The number of nitrogens with one attached hydrogen (secondary N) is 1. The third-order valence-corrected chi connectivity index (χ3v) is 3.67. The second-order valence-corrected chi connectivity index (χ2v) is 5.62. The van der Waals surface area contributed by atoms with Crippen molar-refractivity contribution in [3.05, 3.63) is 30.1 Å². The van der Waals surface area contributed by atoms with E-state index in [1.807, 2.05) is 30.0 Å². The number of nitrogens with zero attached hydrogens (tertiary/aromatic N) is 2. The molecule has 1 aliphatic rings. The van der Waals surface area contributed by atoms with Crippen LogP contribution in [0.4, 0.5) is 0 Å². The summed E-state index contributed by atoms with van der Waals surface area (Å²) in [4.78, 5) is 29.9. The van der Waals surface area contributed by atoms with Gasteiger partial charge in [-0.05, 0) is 32.9 Å². The summed E-state index contributed by atoms with van der Waals surface area (Å²) in [6, 6.07) is 5.00. The summed E-state index contributed by atoms with van der Waals surface area (Å²) < 4.78 is 0. The second kappa shape index (κ2) is 5.30. The van der Waals surface area contributed by atoms with Gasteiger partial charge in [-0.2, -0.15) is 0 Å². The highest BCUT2D eigenvalue weighted by molar-refractivity contribution is 6.03. The minimum Gasteiger partial charge on any atom is -0.326 e. The quantitative estimate of drug-likeness (QED) is 0.770. The van der Waals surface area contributed by atoms with Gasteiger partial charge in [0.15, 0.2) is 0 Å². The molecule has 1 saturated heterocycles. The zero-order valence-electron chi connectivity index (χ0n) is 12.0. The first kappa shape index (κ1) is 14.6. The van der Waals surface area contributed by atoms with Crippen LogP contribution in [0.3, 0.4) is 0 Å². The smallest absolute Gasteiger partial charge is 0.246 e. The molecule has 3 N–H and O–H groups in total. The highest BCUT2D eigenvalue weighted by atomic mass is 16.2. The molecule has 20 heavy (non-hydrogen) atoms. The summed E-state index contributed by atoms with van der Waals surface area (Å²) in [5, 5.41) is 2.36. The van der Waals surface area contributed by atoms with Crippen LogP contribution in [0.25, 0.3) is 0 Å². The van der Waals surface area contributed by atoms with Crippen molar-refractivity contribution in [3.8, 4) is 0 Å². The van der Waals surface area contributed by atoms with Gasteiger partial charge in [0.2, 0.25) is 11.8 Å². The number of hydrogen-bond donors (Lipinski definition) is 2. The number of aromatic nitrogens is 1. The van der Waals surface area contributed by atoms with E-state index in [0.29, 0.717) is 0 Å². The van der Waals surface area contributed by atoms with Crippen molar-refractivity contribution >= 4 is 11.8 Å². The summed E-state index contributed by atoms with van der Waals surface area (Å²) in [7, 11) is 0. The molecule has 2 rings (SSSR count). The van der Waals surface area contributed by atoms with E-state index in [1.165, 1.54) is 0 Å². The van der Waals surface area contributed by atoms with E-state index < -0.39 is 5.54 Å². The number of piperazine rings is 1. The predicted molar refractivity (Wildman–Crippen MR) is 74.6 cm³/mol. The molecule has 6 heteroatoms. The van der Waals surface area contributed by atoms with Crippen LogP contribution in [0.1, 0.15) is 32.5 Å². The van der Waals surface area contributed by atoms with E-state index >= 15 is 0 Å². The topological polar surface area (TPSA) is 88.3 Å². The number of rotatable bonds is 3. The summed E-state index contributed by atoms with van der Waals surface area (Å²) in [5.74, 6) is -0.619. The van der Waals surface area contributed by atoms with E-state index in [-0.39, 0.29) is 30.4 Å². The normalized spacial score (nSPS) is 22.2. The minimum atomic E-state index is -0.816. The molecule has 2 unspecified atom stereocenters. The fourth-order valence-corrected chi connectivity index (χ4v) is 2.51. The lowest BCUT2D eigenvalue weighted by Gasteiger charge is -2.45. The monoisotopic (exact) mass is 276 g/mol. The van der Waals surface area contributed by atoms with Crippen LogP contribution in [0.2, 0.25) is 0 Å². The lowest BCUT2D eigenvalue weighted by molar-refractivity contribution is -0.148. The van der Waals surface area contributed by atoms with Gasteiger partial charge >= 0.3 is 0 Å². The van der Waals surface area contributed by atoms with Crippen molar-refractivity contribution < 1.29 is 9.59 Å². The molecule has 0 aliphatic carbocycles. The Bertz CT molecular complexity index is 513. The molecule has 1 fully saturated rings. The Hall–Kier alpha value is -1.79. The third kappa shape index (κ3) is 2.57. The average Bonchev–Trinajstić information content (AvgIpc) is 2.37. The van der Waals surface area contributed by atoms with E-state index in [2.05, 4.69) is 10.3 Å². The standard InChI is InChI=1S/C14H20N4O2/c1-9(15)12(10-6-4-5-7-16-10)18-8-11(19)17-13(20)14(18,2)3/h4-7,9,12H,8,15H2,1-3H3,(H,17,19,20). The summed E-state index contributed by atoms with van der Waals surface area (Å²) >= 11 is 0. The van der Waals surface area contributed by atoms with Gasteiger partial charge in [-0.1, -0.05) is 6.07 Å². The largest absolute Gasteiger partial charge is 0.326 e. The van der Waals surface area contributed by atoms with Gasteiger partial charge in [-0.3, -0.25) is 24.8 Å². The molecule has 6 nitrogen and oxygen atoms in total. The maximum absolute atomic E-state index is 12.1. The van der Waals surface area contributed by atoms with Crippen molar-refractivity contribution in [1.29, 1.82) is 0 Å². The van der Waals surface area contributed by atoms with Crippen LogP contribution < -0.4 is 11.1 Å². The predicted octanol–water partition coefficient (Wildman–Crippen LogP) is 0.207. The Labute approximate surface area is 118 Å². The first-order chi connectivity index (χ1) is 9.34. The highest BCUT2D eigenvalue weighted by Crippen LogP contribution is 2.31. The maximum atomic E-state index is 12.1. The summed E-state index contributed by atoms with van der Waals surface area (Å²) in [5.41, 5.74) is 6.03. The van der Waals surface area contributed by atoms with E-state index in [0.717, 1.165) is 5.69 Å². The Kier molecular flexibility index (Phi) is 3.87. The van der Waals surface area contributed by atoms with Gasteiger partial charge in [0, 0.05) is 12.2 Å². The number of nitrogens with two attached hydrogens (primary N) is 1. The van der Waals surface area contributed by atoms with Crippen LogP contribution in [-0.4, -0.2) is 39.8 Å². The number of pyridine rings is 1. The molecule has 2 amide bonds. The third-order valence-electron chi connectivity index (χ3n) is 3.67. The van der Waals surface area contributed by atoms with Gasteiger partial charge in [0.25, 0.3) is 0 Å². The molecule has 0 saturated carbocycles. The number of carbonyl (C=O) groups is 2. The van der Waals surface area contributed by atoms with E-state index in [1.54, 1.807) is 20.0 Å². The highest BCUT2D eigenvalue weighted by Gasteiger charge is 2.45. The molecular weight excluding hydrogens is 256 g/mol. The first-order valence-corrected chi connectivity index (χ1v) is 6.61. The van der Waals surface area contributed by atoms with Crippen LogP contribution in [0.15, 0.2) is 24.4 Å². The Morgan fingerprint density at radius 2 is 2.10 bits per heavy atom. The molecular formula is C14H20N4O2. The maximum Gasteiger partial charge on any atom is 0.246 e. The lowest BCUT2D eigenvalue weighted by Crippen LogP contribution is -2.66. The first-order valence-electron chi connectivity index (χ1n) is 6.61. The fraction of sp³-hybridized carbons (Fsp3) is 0.500. The van der Waals surface area contributed by atoms with Crippen LogP contribution >= 0.6 is 0 Å². The Morgan fingerprint density at radius 3 is 2.65 bits per heavy atom. The molecule has 1 aromatic rings. The number of carbonyl (C=O) groups excluding carboxylic acids is 2.